The quantitative estimate of drug-likeness (QED) is 0.851. The molecule has 18 heavy (non-hydrogen) atoms. The molecule has 1 fully saturated rings. The third kappa shape index (κ3) is 2.20. The molecule has 0 N–H and O–H groups in total. The molecular weight excluding hydrogens is 252 g/mol. The molecule has 0 amide bonds. The van der Waals surface area contributed by atoms with Gasteiger partial charge in [-0.2, -0.15) is 9.61 Å². The smallest absolute Gasteiger partial charge is 0.178 e. The summed E-state index contributed by atoms with van der Waals surface area (Å²) in [5, 5.41) is 13.0. The van der Waals surface area contributed by atoms with Gasteiger partial charge in [0.15, 0.2) is 11.5 Å². The van der Waals surface area contributed by atoms with Gasteiger partial charge in [-0.25, -0.2) is 0 Å². The van der Waals surface area contributed by atoms with E-state index in [1.807, 2.05) is 13.0 Å². The van der Waals surface area contributed by atoms with E-state index in [1.54, 1.807) is 10.6 Å². The number of aromatic nitrogens is 4. The Hall–Kier alpha value is -1.20. The summed E-state index contributed by atoms with van der Waals surface area (Å²) in [4.78, 5) is 0. The normalized spacial score (nSPS) is 23.2. The van der Waals surface area contributed by atoms with Crippen LogP contribution in [0.2, 0.25) is 5.15 Å². The zero-order valence-electron chi connectivity index (χ0n) is 10.2. The third-order valence-corrected chi connectivity index (χ3v) is 3.56. The molecule has 0 saturated heterocycles. The minimum absolute atomic E-state index is 0.427. The van der Waals surface area contributed by atoms with Crippen molar-refractivity contribution in [3.8, 4) is 0 Å². The highest BCUT2D eigenvalue weighted by Gasteiger charge is 2.30. The van der Waals surface area contributed by atoms with Crippen LogP contribution in [0, 0.1) is 5.92 Å². The summed E-state index contributed by atoms with van der Waals surface area (Å²) >= 11 is 5.89. The number of hydrogen-bond acceptors (Lipinski definition) is 4. The fraction of sp³-hybridized carbons (Fsp3) is 0.583. The van der Waals surface area contributed by atoms with Gasteiger partial charge in [0.1, 0.15) is 5.15 Å². The van der Waals surface area contributed by atoms with Crippen LogP contribution < -0.4 is 0 Å². The summed E-state index contributed by atoms with van der Waals surface area (Å²) in [5.41, 5.74) is 0.745. The van der Waals surface area contributed by atoms with E-state index in [-0.39, 0.29) is 0 Å². The highest BCUT2D eigenvalue weighted by Crippen LogP contribution is 2.32. The van der Waals surface area contributed by atoms with Gasteiger partial charge >= 0.3 is 0 Å². The molecule has 2 heterocycles. The molecule has 0 aliphatic heterocycles. The monoisotopic (exact) mass is 266 g/mol. The van der Waals surface area contributed by atoms with Crippen LogP contribution in [0.25, 0.3) is 5.65 Å². The Morgan fingerprint density at radius 1 is 1.39 bits per heavy atom. The van der Waals surface area contributed by atoms with Crippen LogP contribution in [0.4, 0.5) is 0 Å². The van der Waals surface area contributed by atoms with Crippen LogP contribution >= 0.6 is 11.6 Å². The lowest BCUT2D eigenvalue weighted by Gasteiger charge is -2.34. The molecule has 6 heteroatoms. The van der Waals surface area contributed by atoms with Crippen molar-refractivity contribution < 1.29 is 4.74 Å². The van der Waals surface area contributed by atoms with E-state index in [9.17, 15) is 0 Å². The summed E-state index contributed by atoms with van der Waals surface area (Å²) in [6.07, 6.45) is 3.51. The van der Waals surface area contributed by atoms with Crippen molar-refractivity contribution in [2.45, 2.75) is 32.3 Å². The van der Waals surface area contributed by atoms with E-state index >= 15 is 0 Å². The van der Waals surface area contributed by atoms with Gasteiger partial charge in [-0.15, -0.1) is 10.2 Å². The highest BCUT2D eigenvalue weighted by atomic mass is 35.5. The predicted octanol–water partition coefficient (Wildman–Crippen LogP) is 2.14. The van der Waals surface area contributed by atoms with Gasteiger partial charge in [-0.1, -0.05) is 11.6 Å². The molecule has 0 radical (unpaired) electrons. The highest BCUT2D eigenvalue weighted by molar-refractivity contribution is 6.29. The number of halogens is 1. The number of fused-ring (bicyclic) bond motifs is 1. The standard InChI is InChI=1S/C12H15ClN4O/c1-2-18-9-5-8(6-9)7-12-15-14-11-4-3-10(13)16-17(11)12/h3-4,8-9H,2,5-7H2,1H3. The Morgan fingerprint density at radius 2 is 2.22 bits per heavy atom. The largest absolute Gasteiger partial charge is 0.378 e. The molecule has 5 nitrogen and oxygen atoms in total. The van der Waals surface area contributed by atoms with Gasteiger partial charge in [0.25, 0.3) is 0 Å². The van der Waals surface area contributed by atoms with E-state index < -0.39 is 0 Å². The first kappa shape index (κ1) is 11.9. The third-order valence-electron chi connectivity index (χ3n) is 3.36. The molecular formula is C12H15ClN4O. The fourth-order valence-corrected chi connectivity index (χ4v) is 2.55. The SMILES string of the molecule is CCOC1CC(Cc2nnc3ccc(Cl)nn23)C1. The summed E-state index contributed by atoms with van der Waals surface area (Å²) in [6, 6.07) is 3.55. The van der Waals surface area contributed by atoms with E-state index in [0.29, 0.717) is 17.2 Å². The lowest BCUT2D eigenvalue weighted by molar-refractivity contribution is -0.0246. The zero-order valence-corrected chi connectivity index (χ0v) is 11.0. The van der Waals surface area contributed by atoms with Crippen molar-refractivity contribution >= 4 is 17.2 Å². The first-order valence-electron chi connectivity index (χ1n) is 6.24. The molecule has 0 unspecified atom stereocenters. The molecule has 1 aliphatic carbocycles. The van der Waals surface area contributed by atoms with Crippen molar-refractivity contribution in [2.24, 2.45) is 5.92 Å². The first-order valence-corrected chi connectivity index (χ1v) is 6.62. The average molecular weight is 267 g/mol. The van der Waals surface area contributed by atoms with E-state index in [2.05, 4.69) is 15.3 Å². The molecule has 0 atom stereocenters. The summed E-state index contributed by atoms with van der Waals surface area (Å²) < 4.78 is 7.29. The zero-order chi connectivity index (χ0) is 12.5. The molecule has 96 valence electrons. The van der Waals surface area contributed by atoms with Crippen LogP contribution in [-0.4, -0.2) is 32.5 Å². The van der Waals surface area contributed by atoms with Crippen molar-refractivity contribution in [3.63, 3.8) is 0 Å². The van der Waals surface area contributed by atoms with Crippen LogP contribution in [-0.2, 0) is 11.2 Å². The summed E-state index contributed by atoms with van der Waals surface area (Å²) in [7, 11) is 0. The molecule has 0 spiro atoms. The number of rotatable bonds is 4. The number of hydrogen-bond donors (Lipinski definition) is 0. The molecule has 1 aliphatic rings. The maximum atomic E-state index is 5.89. The molecule has 1 saturated carbocycles. The topological polar surface area (TPSA) is 52.3 Å². The Bertz CT molecular complexity index is 550. The lowest BCUT2D eigenvalue weighted by atomic mass is 9.80. The molecule has 0 bridgehead atoms. The Balaban J connectivity index is 1.70. The Kier molecular flexibility index (Phi) is 3.18. The number of nitrogens with zero attached hydrogens (tertiary/aromatic N) is 4. The minimum Gasteiger partial charge on any atom is -0.378 e. The second-order valence-corrected chi connectivity index (χ2v) is 5.05. The lowest BCUT2D eigenvalue weighted by Crippen LogP contribution is -2.33. The van der Waals surface area contributed by atoms with Crippen molar-refractivity contribution in [1.82, 2.24) is 19.8 Å². The maximum Gasteiger partial charge on any atom is 0.178 e. The van der Waals surface area contributed by atoms with E-state index in [1.165, 1.54) is 0 Å². The number of ether oxygens (including phenoxy) is 1. The van der Waals surface area contributed by atoms with Gasteiger partial charge in [0, 0.05) is 13.0 Å². The second-order valence-electron chi connectivity index (χ2n) is 4.66. The van der Waals surface area contributed by atoms with Gasteiger partial charge in [0.2, 0.25) is 0 Å². The molecule has 3 rings (SSSR count). The molecule has 2 aromatic heterocycles. The first-order chi connectivity index (χ1) is 8.76. The van der Waals surface area contributed by atoms with Crippen molar-refractivity contribution in [3.05, 3.63) is 23.1 Å². The fourth-order valence-electron chi connectivity index (χ4n) is 2.41. The average Bonchev–Trinajstić information content (AvgIpc) is 2.69. The van der Waals surface area contributed by atoms with Crippen LogP contribution in [0.15, 0.2) is 12.1 Å². The van der Waals surface area contributed by atoms with E-state index in [4.69, 9.17) is 16.3 Å². The predicted molar refractivity (Wildman–Crippen MR) is 67.6 cm³/mol. The van der Waals surface area contributed by atoms with Crippen LogP contribution in [0.3, 0.4) is 0 Å². The Labute approximate surface area is 110 Å². The maximum absolute atomic E-state index is 5.89. The van der Waals surface area contributed by atoms with Crippen molar-refractivity contribution in [1.29, 1.82) is 0 Å². The van der Waals surface area contributed by atoms with Crippen molar-refractivity contribution in [2.75, 3.05) is 6.61 Å². The molecule has 2 aromatic rings. The summed E-state index contributed by atoms with van der Waals surface area (Å²) in [6.45, 7) is 2.83. The Morgan fingerprint density at radius 3 is 3.00 bits per heavy atom. The van der Waals surface area contributed by atoms with Gasteiger partial charge in [-0.3, -0.25) is 0 Å². The van der Waals surface area contributed by atoms with Gasteiger partial charge in [-0.05, 0) is 37.8 Å². The van der Waals surface area contributed by atoms with Crippen LogP contribution in [0.5, 0.6) is 0 Å². The minimum atomic E-state index is 0.427. The second kappa shape index (κ2) is 4.82. The van der Waals surface area contributed by atoms with Gasteiger partial charge < -0.3 is 4.74 Å². The van der Waals surface area contributed by atoms with Crippen LogP contribution in [0.1, 0.15) is 25.6 Å². The van der Waals surface area contributed by atoms with E-state index in [0.717, 1.165) is 37.3 Å². The van der Waals surface area contributed by atoms with Gasteiger partial charge in [0.05, 0.1) is 6.10 Å². The summed E-state index contributed by atoms with van der Waals surface area (Å²) in [5.74, 6) is 1.50. The molecule has 0 aromatic carbocycles.